The summed E-state index contributed by atoms with van der Waals surface area (Å²) in [5.74, 6) is -0.867. The van der Waals surface area contributed by atoms with Crippen LogP contribution in [0.2, 0.25) is 0 Å². The first-order valence-corrected chi connectivity index (χ1v) is 7.99. The zero-order valence-corrected chi connectivity index (χ0v) is 15.7. The maximum Gasteiger partial charge on any atom is 1.00 e. The van der Waals surface area contributed by atoms with E-state index in [0.29, 0.717) is 0 Å². The summed E-state index contributed by atoms with van der Waals surface area (Å²) in [6.07, 6.45) is 0. The standard InChI is InChI=1S/C14H7BrO5S.Na/c15-12-10(21(18,19)20)6-5-9-11(12)14(17)8-4-2-1-3-7(8)13(9)16;/h1-6H,(H,18,19,20);/q;+1/p-1. The first-order valence-electron chi connectivity index (χ1n) is 5.79. The summed E-state index contributed by atoms with van der Waals surface area (Å²) in [6, 6.07) is 8.50. The minimum atomic E-state index is -4.75. The van der Waals surface area contributed by atoms with Crippen molar-refractivity contribution in [2.75, 3.05) is 0 Å². The van der Waals surface area contributed by atoms with Crippen LogP contribution in [-0.2, 0) is 10.1 Å². The zero-order chi connectivity index (χ0) is 15.4. The molecule has 8 heteroatoms. The number of carbonyl (C=O) groups excluding carboxylic acids is 2. The van der Waals surface area contributed by atoms with Crippen LogP contribution in [0, 0.1) is 0 Å². The average Bonchev–Trinajstić information content (AvgIpc) is 2.43. The predicted molar refractivity (Wildman–Crippen MR) is 75.4 cm³/mol. The monoisotopic (exact) mass is 388 g/mol. The molecule has 0 spiro atoms. The third-order valence-electron chi connectivity index (χ3n) is 3.26. The van der Waals surface area contributed by atoms with Gasteiger partial charge in [0.05, 0.1) is 4.90 Å². The van der Waals surface area contributed by atoms with Crippen LogP contribution in [-0.4, -0.2) is 24.5 Å². The molecule has 3 rings (SSSR count). The maximum atomic E-state index is 12.5. The van der Waals surface area contributed by atoms with Gasteiger partial charge in [0.15, 0.2) is 11.6 Å². The minimum absolute atomic E-state index is 0. The molecule has 22 heavy (non-hydrogen) atoms. The van der Waals surface area contributed by atoms with Crippen LogP contribution in [0.25, 0.3) is 0 Å². The van der Waals surface area contributed by atoms with E-state index in [1.54, 1.807) is 12.1 Å². The molecule has 0 fully saturated rings. The Kier molecular flexibility index (Phi) is 4.77. The van der Waals surface area contributed by atoms with E-state index in [0.717, 1.165) is 6.07 Å². The van der Waals surface area contributed by atoms with Crippen LogP contribution in [0.4, 0.5) is 0 Å². The number of benzene rings is 2. The van der Waals surface area contributed by atoms with Crippen molar-refractivity contribution in [3.63, 3.8) is 0 Å². The number of rotatable bonds is 1. The van der Waals surface area contributed by atoms with Crippen molar-refractivity contribution in [3.8, 4) is 0 Å². The molecule has 0 radical (unpaired) electrons. The molecule has 106 valence electrons. The van der Waals surface area contributed by atoms with E-state index in [1.165, 1.54) is 18.2 Å². The predicted octanol–water partition coefficient (Wildman–Crippen LogP) is -0.867. The molecule has 0 bridgehead atoms. The molecule has 0 heterocycles. The summed E-state index contributed by atoms with van der Waals surface area (Å²) in [6.45, 7) is 0. The molecule has 0 unspecified atom stereocenters. The Morgan fingerprint density at radius 1 is 0.864 bits per heavy atom. The topological polar surface area (TPSA) is 91.3 Å². The van der Waals surface area contributed by atoms with Crippen molar-refractivity contribution in [2.45, 2.75) is 4.90 Å². The second kappa shape index (κ2) is 5.99. The van der Waals surface area contributed by atoms with Gasteiger partial charge in [-0.25, -0.2) is 8.42 Å². The molecule has 0 aromatic heterocycles. The van der Waals surface area contributed by atoms with Gasteiger partial charge in [-0.2, -0.15) is 0 Å². The molecule has 0 aliphatic heterocycles. The maximum absolute atomic E-state index is 12.5. The third kappa shape index (κ3) is 2.62. The first-order chi connectivity index (χ1) is 9.82. The second-order valence-corrected chi connectivity index (χ2v) is 6.60. The molecule has 5 nitrogen and oxygen atoms in total. The van der Waals surface area contributed by atoms with Crippen molar-refractivity contribution in [3.05, 3.63) is 63.1 Å². The molecular weight excluding hydrogens is 383 g/mol. The van der Waals surface area contributed by atoms with Crippen molar-refractivity contribution in [2.24, 2.45) is 0 Å². The van der Waals surface area contributed by atoms with E-state index >= 15 is 0 Å². The SMILES string of the molecule is O=C1c2ccccc2C(=O)c2c1ccc(S(=O)(=O)[O-])c2Br.[Na+]. The first kappa shape index (κ1) is 17.5. The van der Waals surface area contributed by atoms with Crippen LogP contribution < -0.4 is 29.6 Å². The van der Waals surface area contributed by atoms with Gasteiger partial charge < -0.3 is 4.55 Å². The number of fused-ring (bicyclic) bond motifs is 2. The summed E-state index contributed by atoms with van der Waals surface area (Å²) in [4.78, 5) is 24.3. The van der Waals surface area contributed by atoms with Crippen molar-refractivity contribution in [1.29, 1.82) is 0 Å². The number of halogens is 1. The van der Waals surface area contributed by atoms with Crippen LogP contribution in [0.15, 0.2) is 45.8 Å². The van der Waals surface area contributed by atoms with E-state index in [1.807, 2.05) is 0 Å². The van der Waals surface area contributed by atoms with E-state index in [4.69, 9.17) is 0 Å². The molecule has 2 aromatic rings. The van der Waals surface area contributed by atoms with Gasteiger partial charge in [0.2, 0.25) is 0 Å². The van der Waals surface area contributed by atoms with E-state index in [-0.39, 0.29) is 62.1 Å². The zero-order valence-electron chi connectivity index (χ0n) is 11.3. The molecule has 2 aromatic carbocycles. The van der Waals surface area contributed by atoms with Crippen molar-refractivity contribution < 1.29 is 52.1 Å². The largest absolute Gasteiger partial charge is 1.00 e. The Bertz CT molecular complexity index is 921. The van der Waals surface area contributed by atoms with E-state index in [9.17, 15) is 22.6 Å². The van der Waals surface area contributed by atoms with E-state index in [2.05, 4.69) is 15.9 Å². The fourth-order valence-electron chi connectivity index (χ4n) is 2.32. The van der Waals surface area contributed by atoms with Gasteiger partial charge in [0.25, 0.3) is 0 Å². The molecule has 0 amide bonds. The smallest absolute Gasteiger partial charge is 0.744 e. The Hall–Kier alpha value is -0.830. The minimum Gasteiger partial charge on any atom is -0.744 e. The summed E-state index contributed by atoms with van der Waals surface area (Å²) in [5, 5.41) is 0. The number of ketones is 2. The van der Waals surface area contributed by atoms with Gasteiger partial charge in [-0.05, 0) is 28.1 Å². The van der Waals surface area contributed by atoms with Gasteiger partial charge >= 0.3 is 29.6 Å². The second-order valence-electron chi connectivity index (χ2n) is 4.46. The fraction of sp³-hybridized carbons (Fsp3) is 0. The van der Waals surface area contributed by atoms with Crippen LogP contribution in [0.5, 0.6) is 0 Å². The van der Waals surface area contributed by atoms with Crippen molar-refractivity contribution >= 4 is 37.6 Å². The Morgan fingerprint density at radius 2 is 1.41 bits per heavy atom. The molecule has 1 aliphatic carbocycles. The summed E-state index contributed by atoms with van der Waals surface area (Å²) in [5.41, 5.74) is 0.448. The van der Waals surface area contributed by atoms with Gasteiger partial charge in [-0.1, -0.05) is 24.3 Å². The fourth-order valence-corrected chi connectivity index (χ4v) is 4.00. The summed E-state index contributed by atoms with van der Waals surface area (Å²) < 4.78 is 33.4. The van der Waals surface area contributed by atoms with Gasteiger partial charge in [0.1, 0.15) is 10.1 Å². The Labute approximate surface area is 156 Å². The average molecular weight is 389 g/mol. The Balaban J connectivity index is 0.00000176. The molecule has 0 saturated heterocycles. The molecule has 1 aliphatic rings. The van der Waals surface area contributed by atoms with Gasteiger partial charge in [0, 0.05) is 26.7 Å². The van der Waals surface area contributed by atoms with Crippen LogP contribution in [0.1, 0.15) is 31.8 Å². The quantitative estimate of drug-likeness (QED) is 0.399. The number of hydrogen-bond donors (Lipinski definition) is 0. The normalized spacial score (nSPS) is 13.2. The van der Waals surface area contributed by atoms with Crippen LogP contribution in [0.3, 0.4) is 0 Å². The van der Waals surface area contributed by atoms with Crippen molar-refractivity contribution in [1.82, 2.24) is 0 Å². The third-order valence-corrected chi connectivity index (χ3v) is 5.23. The molecule has 0 N–H and O–H groups in total. The summed E-state index contributed by atoms with van der Waals surface area (Å²) >= 11 is 2.97. The van der Waals surface area contributed by atoms with E-state index < -0.39 is 20.8 Å². The molecular formula is C14H6BrNaO5S. The van der Waals surface area contributed by atoms with Gasteiger partial charge in [-0.15, -0.1) is 0 Å². The van der Waals surface area contributed by atoms with Crippen LogP contribution >= 0.6 is 15.9 Å². The Morgan fingerprint density at radius 3 is 1.95 bits per heavy atom. The molecule has 0 saturated carbocycles. The number of carbonyl (C=O) groups is 2. The number of hydrogen-bond acceptors (Lipinski definition) is 5. The molecule has 0 atom stereocenters. The summed E-state index contributed by atoms with van der Waals surface area (Å²) in [7, 11) is -4.75. The van der Waals surface area contributed by atoms with Gasteiger partial charge in [-0.3, -0.25) is 9.59 Å².